The third-order valence-electron chi connectivity index (χ3n) is 4.40. The lowest BCUT2D eigenvalue weighted by molar-refractivity contribution is 0.0535. The van der Waals surface area contributed by atoms with Crippen molar-refractivity contribution in [2.45, 2.75) is 13.8 Å². The third kappa shape index (κ3) is 3.54. The van der Waals surface area contributed by atoms with Crippen LogP contribution in [0.15, 0.2) is 24.3 Å². The number of carbonyl (C=O) groups excluding carboxylic acids is 2. The lowest BCUT2D eigenvalue weighted by atomic mass is 10.1. The monoisotopic (exact) mass is 363 g/mol. The second-order valence-electron chi connectivity index (χ2n) is 6.20. The summed E-state index contributed by atoms with van der Waals surface area (Å²) < 4.78 is 13.2. The lowest BCUT2D eigenvalue weighted by Gasteiger charge is -2.34. The first-order valence-electron chi connectivity index (χ1n) is 8.06. The minimum absolute atomic E-state index is 0.0289. The summed E-state index contributed by atoms with van der Waals surface area (Å²) in [6.07, 6.45) is 0. The molecule has 0 spiro atoms. The summed E-state index contributed by atoms with van der Waals surface area (Å²) in [7, 11) is 0. The topological polar surface area (TPSA) is 56.4 Å². The average Bonchev–Trinajstić information content (AvgIpc) is 2.94. The van der Waals surface area contributed by atoms with Crippen LogP contribution in [0.5, 0.6) is 0 Å². The molecule has 0 aliphatic carbocycles. The minimum atomic E-state index is -0.550. The van der Waals surface area contributed by atoms with Gasteiger partial charge >= 0.3 is 0 Å². The van der Waals surface area contributed by atoms with Gasteiger partial charge in [0, 0.05) is 43.1 Å². The maximum absolute atomic E-state index is 13.2. The average molecular weight is 364 g/mol. The highest BCUT2D eigenvalue weighted by Crippen LogP contribution is 2.19. The molecule has 0 bridgehead atoms. The van der Waals surface area contributed by atoms with Crippen molar-refractivity contribution in [1.82, 2.24) is 14.8 Å². The number of hydrogen-bond donors (Lipinski definition) is 1. The fourth-order valence-electron chi connectivity index (χ4n) is 3.04. The van der Waals surface area contributed by atoms with E-state index in [1.807, 2.05) is 19.9 Å². The Kier molecular flexibility index (Phi) is 4.81. The van der Waals surface area contributed by atoms with Crippen LogP contribution < -0.4 is 0 Å². The Bertz CT molecular complexity index is 826. The van der Waals surface area contributed by atoms with Crippen molar-refractivity contribution in [3.05, 3.63) is 57.6 Å². The fraction of sp³-hybridized carbons (Fsp3) is 0.333. The van der Waals surface area contributed by atoms with E-state index in [2.05, 4.69) is 4.98 Å². The summed E-state index contributed by atoms with van der Waals surface area (Å²) in [5, 5.41) is -0.0713. The molecule has 2 amide bonds. The predicted molar refractivity (Wildman–Crippen MR) is 93.5 cm³/mol. The van der Waals surface area contributed by atoms with Crippen LogP contribution in [0.1, 0.15) is 32.1 Å². The first-order chi connectivity index (χ1) is 11.9. The van der Waals surface area contributed by atoms with E-state index in [0.717, 1.165) is 11.4 Å². The highest BCUT2D eigenvalue weighted by molar-refractivity contribution is 6.31. The normalized spacial score (nSPS) is 14.7. The number of halogens is 2. The zero-order chi connectivity index (χ0) is 18.1. The van der Waals surface area contributed by atoms with Crippen LogP contribution >= 0.6 is 11.6 Å². The summed E-state index contributed by atoms with van der Waals surface area (Å²) in [6, 6.07) is 5.79. The largest absolute Gasteiger partial charge is 0.362 e. The highest BCUT2D eigenvalue weighted by Gasteiger charge is 2.27. The maximum Gasteiger partial charge on any atom is 0.255 e. The van der Waals surface area contributed by atoms with E-state index in [1.165, 1.54) is 18.2 Å². The second kappa shape index (κ2) is 6.88. The number of amides is 2. The molecule has 1 aliphatic heterocycles. The van der Waals surface area contributed by atoms with Crippen LogP contribution in [0.4, 0.5) is 4.39 Å². The molecule has 25 heavy (non-hydrogen) atoms. The Hall–Kier alpha value is -2.34. The molecule has 2 heterocycles. The number of piperazine rings is 1. The summed E-state index contributed by atoms with van der Waals surface area (Å²) >= 11 is 5.74. The number of aryl methyl sites for hydroxylation is 2. The highest BCUT2D eigenvalue weighted by atomic mass is 35.5. The van der Waals surface area contributed by atoms with E-state index in [0.29, 0.717) is 37.3 Å². The number of rotatable bonds is 2. The Morgan fingerprint density at radius 2 is 1.64 bits per heavy atom. The molecule has 1 aromatic carbocycles. The molecular formula is C18H19ClFN3O2. The number of aromatic nitrogens is 1. The van der Waals surface area contributed by atoms with Gasteiger partial charge in [0.05, 0.1) is 10.6 Å². The van der Waals surface area contributed by atoms with Gasteiger partial charge in [0.15, 0.2) is 0 Å². The van der Waals surface area contributed by atoms with Gasteiger partial charge in [-0.3, -0.25) is 9.59 Å². The van der Waals surface area contributed by atoms with Gasteiger partial charge in [-0.15, -0.1) is 0 Å². The molecule has 3 rings (SSSR count). The molecule has 0 radical (unpaired) electrons. The number of nitrogens with one attached hydrogen (secondary N) is 1. The molecule has 1 fully saturated rings. The smallest absolute Gasteiger partial charge is 0.255 e. The summed E-state index contributed by atoms with van der Waals surface area (Å²) in [5.74, 6) is -0.785. The lowest BCUT2D eigenvalue weighted by Crippen LogP contribution is -2.50. The van der Waals surface area contributed by atoms with Gasteiger partial charge in [0.2, 0.25) is 0 Å². The number of benzene rings is 1. The number of H-pyrrole nitrogens is 1. The minimum Gasteiger partial charge on any atom is -0.362 e. The molecule has 0 saturated carbocycles. The zero-order valence-corrected chi connectivity index (χ0v) is 14.9. The summed E-state index contributed by atoms with van der Waals surface area (Å²) in [5.41, 5.74) is 2.82. The van der Waals surface area contributed by atoms with Crippen molar-refractivity contribution in [3.8, 4) is 0 Å². The van der Waals surface area contributed by atoms with E-state index >= 15 is 0 Å². The van der Waals surface area contributed by atoms with Crippen LogP contribution in [-0.2, 0) is 0 Å². The first-order valence-corrected chi connectivity index (χ1v) is 8.44. The number of hydrogen-bond acceptors (Lipinski definition) is 2. The summed E-state index contributed by atoms with van der Waals surface area (Å²) in [4.78, 5) is 31.6. The first kappa shape index (κ1) is 17.5. The molecule has 1 N–H and O–H groups in total. The van der Waals surface area contributed by atoms with Crippen molar-refractivity contribution < 1.29 is 14.0 Å². The van der Waals surface area contributed by atoms with Gasteiger partial charge in [0.1, 0.15) is 5.82 Å². The van der Waals surface area contributed by atoms with E-state index in [9.17, 15) is 14.0 Å². The van der Waals surface area contributed by atoms with Gasteiger partial charge in [-0.1, -0.05) is 11.6 Å². The molecule has 1 aliphatic rings. The second-order valence-corrected chi connectivity index (χ2v) is 6.61. The Morgan fingerprint density at radius 1 is 1.04 bits per heavy atom. The Labute approximate surface area is 150 Å². The van der Waals surface area contributed by atoms with Gasteiger partial charge in [-0.05, 0) is 38.1 Å². The molecule has 5 nitrogen and oxygen atoms in total. The molecule has 132 valence electrons. The van der Waals surface area contributed by atoms with Crippen LogP contribution in [0, 0.1) is 19.7 Å². The van der Waals surface area contributed by atoms with Crippen LogP contribution in [0.2, 0.25) is 5.02 Å². The third-order valence-corrected chi connectivity index (χ3v) is 4.69. The Morgan fingerprint density at radius 3 is 2.16 bits per heavy atom. The van der Waals surface area contributed by atoms with Crippen molar-refractivity contribution in [2.24, 2.45) is 0 Å². The SMILES string of the molecule is Cc1cc(C(=O)N2CCN(C(=O)c3ccc(F)c(Cl)c3)CC2)c(C)[nH]1. The van der Waals surface area contributed by atoms with E-state index < -0.39 is 5.82 Å². The van der Waals surface area contributed by atoms with Crippen molar-refractivity contribution >= 4 is 23.4 Å². The molecule has 0 atom stereocenters. The van der Waals surface area contributed by atoms with Crippen LogP contribution in [-0.4, -0.2) is 52.8 Å². The van der Waals surface area contributed by atoms with Crippen LogP contribution in [0.25, 0.3) is 0 Å². The standard InChI is InChI=1S/C18H19ClFN3O2/c1-11-9-14(12(2)21-11)18(25)23-7-5-22(6-8-23)17(24)13-3-4-16(20)15(19)10-13/h3-4,9-10,21H,5-8H2,1-2H3. The molecule has 1 saturated heterocycles. The summed E-state index contributed by atoms with van der Waals surface area (Å²) in [6.45, 7) is 5.57. The number of nitrogens with zero attached hydrogens (tertiary/aromatic N) is 2. The molecule has 2 aromatic rings. The quantitative estimate of drug-likeness (QED) is 0.891. The van der Waals surface area contributed by atoms with Gasteiger partial charge < -0.3 is 14.8 Å². The van der Waals surface area contributed by atoms with Gasteiger partial charge in [0.25, 0.3) is 11.8 Å². The molecule has 1 aromatic heterocycles. The van der Waals surface area contributed by atoms with Crippen LogP contribution in [0.3, 0.4) is 0 Å². The van der Waals surface area contributed by atoms with E-state index in [4.69, 9.17) is 11.6 Å². The predicted octanol–water partition coefficient (Wildman–Crippen LogP) is 3.02. The van der Waals surface area contributed by atoms with Gasteiger partial charge in [-0.2, -0.15) is 0 Å². The maximum atomic E-state index is 13.2. The zero-order valence-electron chi connectivity index (χ0n) is 14.1. The molecular weight excluding hydrogens is 345 g/mol. The fourth-order valence-corrected chi connectivity index (χ4v) is 3.22. The number of carbonyl (C=O) groups is 2. The van der Waals surface area contributed by atoms with Crippen molar-refractivity contribution in [2.75, 3.05) is 26.2 Å². The molecule has 0 unspecified atom stereocenters. The molecule has 7 heteroatoms. The Balaban J connectivity index is 1.65. The van der Waals surface area contributed by atoms with E-state index in [1.54, 1.807) is 9.80 Å². The van der Waals surface area contributed by atoms with Crippen molar-refractivity contribution in [1.29, 1.82) is 0 Å². The van der Waals surface area contributed by atoms with Gasteiger partial charge in [-0.25, -0.2) is 4.39 Å². The van der Waals surface area contributed by atoms with E-state index in [-0.39, 0.29) is 16.8 Å². The van der Waals surface area contributed by atoms with Crippen molar-refractivity contribution in [3.63, 3.8) is 0 Å². The number of aromatic amines is 1.